The molecular formula is C16H26N2. The molecule has 0 aliphatic rings. The summed E-state index contributed by atoms with van der Waals surface area (Å²) in [6, 6.07) is 11.8. The summed E-state index contributed by atoms with van der Waals surface area (Å²) in [5, 5.41) is 0. The predicted octanol–water partition coefficient (Wildman–Crippen LogP) is 4.02. The predicted molar refractivity (Wildman–Crippen MR) is 79.4 cm³/mol. The maximum Gasteiger partial charge on any atom is 0.178 e. The molecule has 0 bridgehead atoms. The molecule has 2 radical (unpaired) electrons. The van der Waals surface area contributed by atoms with Gasteiger partial charge in [0, 0.05) is 23.8 Å². The number of anilines is 1. The lowest BCUT2D eigenvalue weighted by Crippen LogP contribution is -2.43. The standard InChI is InChI=1S/C16H26N2/c1-13(2)17(14(3)4)12-18(15(5)6)16-10-8-7-9-11-16/h7-11,13-15H,1-6H3. The van der Waals surface area contributed by atoms with Crippen molar-refractivity contribution in [2.45, 2.75) is 59.7 Å². The molecule has 100 valence electrons. The molecule has 0 atom stereocenters. The largest absolute Gasteiger partial charge is 0.344 e. The molecule has 2 nitrogen and oxygen atoms in total. The second-order valence-electron chi connectivity index (χ2n) is 5.49. The van der Waals surface area contributed by atoms with Gasteiger partial charge in [0.25, 0.3) is 0 Å². The highest BCUT2D eigenvalue weighted by molar-refractivity contribution is 5.48. The summed E-state index contributed by atoms with van der Waals surface area (Å²) in [5.74, 6) is 0. The van der Waals surface area contributed by atoms with Gasteiger partial charge in [0.05, 0.1) is 0 Å². The van der Waals surface area contributed by atoms with Crippen molar-refractivity contribution in [3.8, 4) is 0 Å². The van der Waals surface area contributed by atoms with Crippen LogP contribution in [0.5, 0.6) is 0 Å². The first-order valence-corrected chi connectivity index (χ1v) is 6.82. The van der Waals surface area contributed by atoms with Crippen molar-refractivity contribution >= 4 is 5.69 Å². The molecule has 0 saturated heterocycles. The Balaban J connectivity index is 2.87. The molecule has 0 aliphatic heterocycles. The molecule has 1 aromatic rings. The van der Waals surface area contributed by atoms with E-state index < -0.39 is 0 Å². The zero-order valence-corrected chi connectivity index (χ0v) is 12.5. The van der Waals surface area contributed by atoms with Gasteiger partial charge in [0.15, 0.2) is 6.67 Å². The number of benzene rings is 1. The Bertz CT molecular complexity index is 322. The van der Waals surface area contributed by atoms with Crippen LogP contribution >= 0.6 is 0 Å². The van der Waals surface area contributed by atoms with Gasteiger partial charge >= 0.3 is 0 Å². The van der Waals surface area contributed by atoms with Crippen molar-refractivity contribution in [3.63, 3.8) is 0 Å². The minimum atomic E-state index is 0.396. The third-order valence-corrected chi connectivity index (χ3v) is 2.89. The Hall–Kier alpha value is -1.02. The topological polar surface area (TPSA) is 6.48 Å². The van der Waals surface area contributed by atoms with Gasteiger partial charge in [-0.1, -0.05) is 18.2 Å². The van der Waals surface area contributed by atoms with Gasteiger partial charge < -0.3 is 4.90 Å². The van der Waals surface area contributed by atoms with Gasteiger partial charge in [0.1, 0.15) is 0 Å². The molecular weight excluding hydrogens is 220 g/mol. The van der Waals surface area contributed by atoms with Crippen LogP contribution in [0.25, 0.3) is 0 Å². The van der Waals surface area contributed by atoms with Crippen LogP contribution < -0.4 is 4.90 Å². The summed E-state index contributed by atoms with van der Waals surface area (Å²) in [6.07, 6.45) is 0. The first-order valence-electron chi connectivity index (χ1n) is 6.82. The maximum atomic E-state index is 3.54. The normalized spacial score (nSPS) is 11.9. The third-order valence-electron chi connectivity index (χ3n) is 2.89. The molecule has 0 heterocycles. The Morgan fingerprint density at radius 1 is 0.778 bits per heavy atom. The number of rotatable bonds is 6. The van der Waals surface area contributed by atoms with E-state index in [-0.39, 0.29) is 0 Å². The lowest BCUT2D eigenvalue weighted by Gasteiger charge is -2.37. The summed E-state index contributed by atoms with van der Waals surface area (Å²) < 4.78 is 0. The molecule has 1 aromatic carbocycles. The van der Waals surface area contributed by atoms with Crippen molar-refractivity contribution in [1.29, 1.82) is 0 Å². The van der Waals surface area contributed by atoms with Crippen LogP contribution in [0.2, 0.25) is 0 Å². The molecule has 0 unspecified atom stereocenters. The lowest BCUT2D eigenvalue weighted by atomic mass is 10.2. The Labute approximate surface area is 113 Å². The van der Waals surface area contributed by atoms with Gasteiger partial charge in [-0.3, -0.25) is 4.90 Å². The van der Waals surface area contributed by atoms with Gasteiger partial charge in [-0.25, -0.2) is 0 Å². The molecule has 0 N–H and O–H groups in total. The summed E-state index contributed by atoms with van der Waals surface area (Å²) in [4.78, 5) is 4.48. The van der Waals surface area contributed by atoms with Crippen molar-refractivity contribution in [2.24, 2.45) is 0 Å². The van der Waals surface area contributed by atoms with E-state index in [0.717, 1.165) is 0 Å². The van der Waals surface area contributed by atoms with Crippen molar-refractivity contribution in [1.82, 2.24) is 4.90 Å². The van der Waals surface area contributed by atoms with Gasteiger partial charge in [0.2, 0.25) is 0 Å². The average molecular weight is 246 g/mol. The Morgan fingerprint density at radius 3 is 1.67 bits per heavy atom. The third kappa shape index (κ3) is 4.02. The van der Waals surface area contributed by atoms with E-state index in [1.165, 1.54) is 5.69 Å². The quantitative estimate of drug-likeness (QED) is 0.700. The average Bonchev–Trinajstić information content (AvgIpc) is 2.29. The smallest absolute Gasteiger partial charge is 0.178 e. The van der Waals surface area contributed by atoms with E-state index in [9.17, 15) is 0 Å². The molecule has 1 rings (SSSR count). The zero-order valence-electron chi connectivity index (χ0n) is 12.5. The number of hydrogen-bond donors (Lipinski definition) is 0. The fourth-order valence-electron chi connectivity index (χ4n) is 2.01. The summed E-state index contributed by atoms with van der Waals surface area (Å²) >= 11 is 0. The lowest BCUT2D eigenvalue weighted by molar-refractivity contribution is 0.215. The number of para-hydroxylation sites is 1. The van der Waals surface area contributed by atoms with Crippen LogP contribution in [0.4, 0.5) is 5.69 Å². The Morgan fingerprint density at radius 2 is 1.28 bits per heavy atom. The SMILES string of the molecule is CC(C)N([C]N(C(C)C)C(C)C)c1ccccc1. The van der Waals surface area contributed by atoms with E-state index in [0.29, 0.717) is 18.1 Å². The van der Waals surface area contributed by atoms with Gasteiger partial charge in [-0.05, 0) is 53.7 Å². The van der Waals surface area contributed by atoms with E-state index in [4.69, 9.17) is 0 Å². The molecule has 0 saturated carbocycles. The van der Waals surface area contributed by atoms with E-state index >= 15 is 0 Å². The highest BCUT2D eigenvalue weighted by Crippen LogP contribution is 2.21. The summed E-state index contributed by atoms with van der Waals surface area (Å²) in [7, 11) is 0. The number of hydrogen-bond acceptors (Lipinski definition) is 2. The van der Waals surface area contributed by atoms with Crippen LogP contribution in [-0.4, -0.2) is 23.0 Å². The van der Waals surface area contributed by atoms with Crippen LogP contribution in [0.1, 0.15) is 41.5 Å². The van der Waals surface area contributed by atoms with Gasteiger partial charge in [-0.15, -0.1) is 0 Å². The van der Waals surface area contributed by atoms with E-state index in [1.807, 2.05) is 6.07 Å². The Kier molecular flexibility index (Phi) is 5.67. The molecule has 0 aliphatic carbocycles. The van der Waals surface area contributed by atoms with Crippen molar-refractivity contribution in [3.05, 3.63) is 37.0 Å². The maximum absolute atomic E-state index is 3.54. The first-order chi connectivity index (χ1) is 8.43. The summed E-state index contributed by atoms with van der Waals surface area (Å²) in [6.45, 7) is 16.7. The van der Waals surface area contributed by atoms with Crippen LogP contribution in [0.15, 0.2) is 30.3 Å². The molecule has 2 heteroatoms. The van der Waals surface area contributed by atoms with Crippen LogP contribution in [-0.2, 0) is 0 Å². The van der Waals surface area contributed by atoms with Gasteiger partial charge in [-0.2, -0.15) is 0 Å². The summed E-state index contributed by atoms with van der Waals surface area (Å²) in [5.41, 5.74) is 1.19. The minimum absolute atomic E-state index is 0.396. The molecule has 18 heavy (non-hydrogen) atoms. The van der Waals surface area contributed by atoms with Crippen molar-refractivity contribution < 1.29 is 0 Å². The zero-order chi connectivity index (χ0) is 13.7. The molecule has 0 spiro atoms. The minimum Gasteiger partial charge on any atom is -0.344 e. The fraction of sp³-hybridized carbons (Fsp3) is 0.562. The highest BCUT2D eigenvalue weighted by atomic mass is 15.3. The second kappa shape index (κ2) is 6.79. The molecule has 0 fully saturated rings. The van der Waals surface area contributed by atoms with E-state index in [2.05, 4.69) is 82.3 Å². The van der Waals surface area contributed by atoms with Crippen LogP contribution in [0.3, 0.4) is 0 Å². The van der Waals surface area contributed by atoms with Crippen LogP contribution in [0, 0.1) is 6.67 Å². The van der Waals surface area contributed by atoms with E-state index in [1.54, 1.807) is 0 Å². The molecule has 0 aromatic heterocycles. The molecule has 0 amide bonds. The number of nitrogens with zero attached hydrogens (tertiary/aromatic N) is 2. The van der Waals surface area contributed by atoms with Crippen molar-refractivity contribution in [2.75, 3.05) is 4.90 Å². The monoisotopic (exact) mass is 246 g/mol. The second-order valence-corrected chi connectivity index (χ2v) is 5.49. The first kappa shape index (κ1) is 15.0. The fourth-order valence-corrected chi connectivity index (χ4v) is 2.01. The highest BCUT2D eigenvalue weighted by Gasteiger charge is 2.21.